The van der Waals surface area contributed by atoms with E-state index in [1.165, 1.54) is 12.7 Å². The maximum Gasteiger partial charge on any atom is 0.334 e. The number of benzene rings is 1. The zero-order chi connectivity index (χ0) is 11.1. The van der Waals surface area contributed by atoms with Crippen LogP contribution >= 0.6 is 0 Å². The van der Waals surface area contributed by atoms with E-state index in [1.807, 2.05) is 30.3 Å². The van der Waals surface area contributed by atoms with Crippen LogP contribution in [0.3, 0.4) is 0 Å². The fourth-order valence-electron chi connectivity index (χ4n) is 1.40. The molecule has 0 aliphatic rings. The van der Waals surface area contributed by atoms with Crippen LogP contribution in [0.2, 0.25) is 0 Å². The minimum Gasteiger partial charge on any atom is -0.467 e. The minimum atomic E-state index is -0.987. The summed E-state index contributed by atoms with van der Waals surface area (Å²) in [5.74, 6) is -0.553. The maximum absolute atomic E-state index is 10.9. The van der Waals surface area contributed by atoms with Crippen molar-refractivity contribution >= 4 is 5.97 Å². The van der Waals surface area contributed by atoms with E-state index in [2.05, 4.69) is 4.74 Å². The Balaban J connectivity index is 2.25. The Labute approximate surface area is 89.7 Å². The van der Waals surface area contributed by atoms with Crippen molar-refractivity contribution in [3.05, 3.63) is 35.9 Å². The Morgan fingerprint density at radius 1 is 1.40 bits per heavy atom. The predicted molar refractivity (Wildman–Crippen MR) is 57.4 cm³/mol. The number of ether oxygens (including phenoxy) is 1. The number of hydrogen-bond donors (Lipinski definition) is 1. The summed E-state index contributed by atoms with van der Waals surface area (Å²) in [6, 6.07) is 9.99. The molecule has 0 fully saturated rings. The Kier molecular flexibility index (Phi) is 4.84. The number of hydrogen-bond acceptors (Lipinski definition) is 3. The summed E-state index contributed by atoms with van der Waals surface area (Å²) in [6.07, 6.45) is 1.11. The highest BCUT2D eigenvalue weighted by Crippen LogP contribution is 2.07. The van der Waals surface area contributed by atoms with Gasteiger partial charge >= 0.3 is 5.97 Å². The van der Waals surface area contributed by atoms with Gasteiger partial charge in [0, 0.05) is 0 Å². The molecule has 1 rings (SSSR count). The molecule has 15 heavy (non-hydrogen) atoms. The van der Waals surface area contributed by atoms with Crippen molar-refractivity contribution in [2.24, 2.45) is 0 Å². The summed E-state index contributed by atoms with van der Waals surface area (Å²) in [5.41, 5.74) is 1.22. The third kappa shape index (κ3) is 4.13. The SMILES string of the molecule is COC(=O)[C@@H](O)CCCc1ccccc1. The molecule has 1 aromatic carbocycles. The lowest BCUT2D eigenvalue weighted by molar-refractivity contribution is -0.150. The molecule has 0 bridgehead atoms. The molecule has 82 valence electrons. The lowest BCUT2D eigenvalue weighted by Gasteiger charge is -2.07. The van der Waals surface area contributed by atoms with Crippen LogP contribution in [-0.4, -0.2) is 24.3 Å². The van der Waals surface area contributed by atoms with E-state index in [0.717, 1.165) is 12.8 Å². The van der Waals surface area contributed by atoms with Crippen LogP contribution in [-0.2, 0) is 16.0 Å². The van der Waals surface area contributed by atoms with Crippen LogP contribution in [0.4, 0.5) is 0 Å². The molecule has 0 aliphatic heterocycles. The summed E-state index contributed by atoms with van der Waals surface area (Å²) >= 11 is 0. The van der Waals surface area contributed by atoms with E-state index in [4.69, 9.17) is 0 Å². The molecule has 0 amide bonds. The Bertz CT molecular complexity index is 295. The molecular formula is C12H16O3. The molecule has 1 aromatic rings. The number of methoxy groups -OCH3 is 1. The van der Waals surface area contributed by atoms with E-state index in [0.29, 0.717) is 6.42 Å². The van der Waals surface area contributed by atoms with Gasteiger partial charge in [0.1, 0.15) is 0 Å². The lowest BCUT2D eigenvalue weighted by atomic mass is 10.1. The molecule has 0 saturated carbocycles. The fourth-order valence-corrected chi connectivity index (χ4v) is 1.40. The van der Waals surface area contributed by atoms with Gasteiger partial charge in [0.25, 0.3) is 0 Å². The molecule has 3 nitrogen and oxygen atoms in total. The van der Waals surface area contributed by atoms with E-state index in [9.17, 15) is 9.90 Å². The number of esters is 1. The average molecular weight is 208 g/mol. The van der Waals surface area contributed by atoms with Gasteiger partial charge < -0.3 is 9.84 Å². The van der Waals surface area contributed by atoms with Crippen LogP contribution in [0, 0.1) is 0 Å². The first-order valence-electron chi connectivity index (χ1n) is 5.04. The molecule has 0 aromatic heterocycles. The maximum atomic E-state index is 10.9. The van der Waals surface area contributed by atoms with Gasteiger partial charge in [0.15, 0.2) is 6.10 Å². The molecule has 0 radical (unpaired) electrons. The summed E-state index contributed by atoms with van der Waals surface area (Å²) < 4.78 is 4.43. The Hall–Kier alpha value is -1.35. The second-order valence-corrected chi connectivity index (χ2v) is 3.42. The van der Waals surface area contributed by atoms with Crippen LogP contribution in [0.15, 0.2) is 30.3 Å². The van der Waals surface area contributed by atoms with E-state index in [-0.39, 0.29) is 0 Å². The molecule has 0 spiro atoms. The third-order valence-corrected chi connectivity index (χ3v) is 2.26. The molecule has 1 N–H and O–H groups in total. The zero-order valence-electron chi connectivity index (χ0n) is 8.85. The van der Waals surface area contributed by atoms with Crippen molar-refractivity contribution in [3.63, 3.8) is 0 Å². The quantitative estimate of drug-likeness (QED) is 0.747. The van der Waals surface area contributed by atoms with Crippen molar-refractivity contribution in [1.82, 2.24) is 0 Å². The monoisotopic (exact) mass is 208 g/mol. The average Bonchev–Trinajstić information content (AvgIpc) is 2.29. The molecule has 0 heterocycles. The first-order chi connectivity index (χ1) is 7.24. The van der Waals surface area contributed by atoms with Gasteiger partial charge in [0.2, 0.25) is 0 Å². The van der Waals surface area contributed by atoms with E-state index in [1.54, 1.807) is 0 Å². The third-order valence-electron chi connectivity index (χ3n) is 2.26. The van der Waals surface area contributed by atoms with Crippen LogP contribution in [0.5, 0.6) is 0 Å². The van der Waals surface area contributed by atoms with Crippen LogP contribution < -0.4 is 0 Å². The minimum absolute atomic E-state index is 0.446. The van der Waals surface area contributed by atoms with E-state index >= 15 is 0 Å². The number of aryl methyl sites for hydroxylation is 1. The van der Waals surface area contributed by atoms with Crippen molar-refractivity contribution in [1.29, 1.82) is 0 Å². The van der Waals surface area contributed by atoms with Gasteiger partial charge in [-0.1, -0.05) is 30.3 Å². The van der Waals surface area contributed by atoms with Crippen molar-refractivity contribution in [2.75, 3.05) is 7.11 Å². The molecule has 3 heteroatoms. The molecule has 0 unspecified atom stereocenters. The van der Waals surface area contributed by atoms with E-state index < -0.39 is 12.1 Å². The zero-order valence-corrected chi connectivity index (χ0v) is 8.85. The van der Waals surface area contributed by atoms with Gasteiger partial charge in [0.05, 0.1) is 7.11 Å². The standard InChI is InChI=1S/C12H16O3/c1-15-12(14)11(13)9-5-8-10-6-3-2-4-7-10/h2-4,6-7,11,13H,5,8-9H2,1H3/t11-/m0/s1. The second kappa shape index (κ2) is 6.19. The van der Waals surface area contributed by atoms with Gasteiger partial charge in [-0.2, -0.15) is 0 Å². The van der Waals surface area contributed by atoms with Crippen LogP contribution in [0.25, 0.3) is 0 Å². The highest BCUT2D eigenvalue weighted by Gasteiger charge is 2.13. The molecule has 0 aliphatic carbocycles. The largest absolute Gasteiger partial charge is 0.467 e. The number of carbonyl (C=O) groups excluding carboxylic acids is 1. The van der Waals surface area contributed by atoms with Crippen molar-refractivity contribution < 1.29 is 14.6 Å². The first-order valence-corrected chi connectivity index (χ1v) is 5.04. The summed E-state index contributed by atoms with van der Waals surface area (Å²) in [4.78, 5) is 10.9. The van der Waals surface area contributed by atoms with Crippen LogP contribution in [0.1, 0.15) is 18.4 Å². The number of rotatable bonds is 5. The lowest BCUT2D eigenvalue weighted by Crippen LogP contribution is -2.21. The molecule has 1 atom stereocenters. The van der Waals surface area contributed by atoms with Gasteiger partial charge in [-0.15, -0.1) is 0 Å². The number of carbonyl (C=O) groups is 1. The van der Waals surface area contributed by atoms with Crippen molar-refractivity contribution in [3.8, 4) is 0 Å². The molecular weight excluding hydrogens is 192 g/mol. The Morgan fingerprint density at radius 2 is 2.07 bits per heavy atom. The number of aliphatic hydroxyl groups is 1. The topological polar surface area (TPSA) is 46.5 Å². The predicted octanol–water partition coefficient (Wildman–Crippen LogP) is 1.54. The fraction of sp³-hybridized carbons (Fsp3) is 0.417. The van der Waals surface area contributed by atoms with Gasteiger partial charge in [-0.3, -0.25) is 0 Å². The summed E-state index contributed by atoms with van der Waals surface area (Å²) in [7, 11) is 1.28. The van der Waals surface area contributed by atoms with Gasteiger partial charge in [-0.25, -0.2) is 4.79 Å². The van der Waals surface area contributed by atoms with Gasteiger partial charge in [-0.05, 0) is 24.8 Å². The highest BCUT2D eigenvalue weighted by atomic mass is 16.5. The normalized spacial score (nSPS) is 12.1. The second-order valence-electron chi connectivity index (χ2n) is 3.42. The number of aliphatic hydroxyl groups excluding tert-OH is 1. The summed E-state index contributed by atoms with van der Waals surface area (Å²) in [6.45, 7) is 0. The molecule has 0 saturated heterocycles. The smallest absolute Gasteiger partial charge is 0.334 e. The summed E-state index contributed by atoms with van der Waals surface area (Å²) in [5, 5.41) is 9.32. The highest BCUT2D eigenvalue weighted by molar-refractivity contribution is 5.74. The first kappa shape index (κ1) is 11.7. The Morgan fingerprint density at radius 3 is 2.67 bits per heavy atom. The van der Waals surface area contributed by atoms with Crippen molar-refractivity contribution in [2.45, 2.75) is 25.4 Å².